The minimum absolute atomic E-state index is 0.717. The maximum atomic E-state index is 5.90. The molecule has 0 unspecified atom stereocenters. The third-order valence-corrected chi connectivity index (χ3v) is 10.6. The first-order chi connectivity index (χ1) is 17.0. The van der Waals surface area contributed by atoms with E-state index in [9.17, 15) is 0 Å². The molecule has 5 heteroatoms. The summed E-state index contributed by atoms with van der Waals surface area (Å²) in [5.41, 5.74) is 0.995. The maximum absolute atomic E-state index is 5.90. The smallest absolute Gasteiger partial charge is 0.159 e. The van der Waals surface area contributed by atoms with Crippen molar-refractivity contribution in [2.24, 2.45) is 0 Å². The lowest BCUT2D eigenvalue weighted by Gasteiger charge is -2.19. The summed E-state index contributed by atoms with van der Waals surface area (Å²) in [7, 11) is -0.905. The highest BCUT2D eigenvalue weighted by molar-refractivity contribution is 6.77. The molecule has 2 rings (SSSR count). The lowest BCUT2D eigenvalue weighted by Crippen LogP contribution is -2.22. The topological polar surface area (TPSA) is 44.2 Å². The van der Waals surface area contributed by atoms with E-state index in [1.54, 1.807) is 12.4 Å². The number of nitrogens with zero attached hydrogens (tertiary/aromatic N) is 2. The molecule has 0 fully saturated rings. The van der Waals surface area contributed by atoms with Crippen molar-refractivity contribution in [3.05, 3.63) is 36.7 Å². The van der Waals surface area contributed by atoms with Crippen molar-refractivity contribution in [1.82, 2.24) is 9.97 Å². The van der Waals surface area contributed by atoms with Gasteiger partial charge in [-0.25, -0.2) is 9.97 Å². The van der Waals surface area contributed by atoms with E-state index in [1.807, 2.05) is 24.3 Å². The Hall–Kier alpha value is -1.88. The normalized spacial score (nSPS) is 11.5. The number of aromatic nitrogens is 2. The Morgan fingerprint density at radius 2 is 1.14 bits per heavy atom. The van der Waals surface area contributed by atoms with Crippen LogP contribution in [0.5, 0.6) is 11.5 Å². The second-order valence-electron chi connectivity index (χ2n) is 10.6. The van der Waals surface area contributed by atoms with Gasteiger partial charge in [0.05, 0.1) is 25.6 Å². The highest BCUT2D eigenvalue weighted by atomic mass is 28.3. The van der Waals surface area contributed by atoms with Gasteiger partial charge in [-0.3, -0.25) is 0 Å². The molecule has 0 saturated carbocycles. The van der Waals surface area contributed by atoms with Crippen LogP contribution in [-0.4, -0.2) is 31.3 Å². The van der Waals surface area contributed by atoms with Gasteiger partial charge in [-0.15, -0.1) is 0 Å². The van der Waals surface area contributed by atoms with Crippen molar-refractivity contribution >= 4 is 8.07 Å². The Kier molecular flexibility index (Phi) is 14.7. The minimum atomic E-state index is -0.905. The summed E-state index contributed by atoms with van der Waals surface area (Å²) in [6, 6.07) is 10.9. The molecule has 2 aromatic rings. The van der Waals surface area contributed by atoms with Gasteiger partial charge in [0.15, 0.2) is 11.6 Å². The Morgan fingerprint density at radius 3 is 1.71 bits per heavy atom. The number of benzene rings is 1. The lowest BCUT2D eigenvalue weighted by molar-refractivity contribution is 0.302. The summed E-state index contributed by atoms with van der Waals surface area (Å²) < 4.78 is 11.7. The summed E-state index contributed by atoms with van der Waals surface area (Å²) in [6.07, 6.45) is 19.1. The lowest BCUT2D eigenvalue weighted by atomic mass is 10.1. The Labute approximate surface area is 216 Å². The van der Waals surface area contributed by atoms with Gasteiger partial charge in [0, 0.05) is 13.6 Å². The van der Waals surface area contributed by atoms with Gasteiger partial charge in [0.1, 0.15) is 5.75 Å². The maximum Gasteiger partial charge on any atom is 0.159 e. The largest absolute Gasteiger partial charge is 0.494 e. The molecule has 0 bridgehead atoms. The average molecular weight is 499 g/mol. The number of hydrogen-bond donors (Lipinski definition) is 0. The summed E-state index contributed by atoms with van der Waals surface area (Å²) in [4.78, 5) is 8.99. The predicted molar refractivity (Wildman–Crippen MR) is 152 cm³/mol. The van der Waals surface area contributed by atoms with E-state index in [2.05, 4.69) is 36.9 Å². The summed E-state index contributed by atoms with van der Waals surface area (Å²) in [5, 5.41) is 0. The molecule has 0 aliphatic carbocycles. The van der Waals surface area contributed by atoms with Crippen LogP contribution in [0.25, 0.3) is 11.4 Å². The molecule has 0 atom stereocenters. The van der Waals surface area contributed by atoms with Crippen molar-refractivity contribution in [2.75, 3.05) is 13.2 Å². The molecule has 35 heavy (non-hydrogen) atoms. The number of hydrogen-bond acceptors (Lipinski definition) is 4. The minimum Gasteiger partial charge on any atom is -0.494 e. The molecular weight excluding hydrogens is 448 g/mol. The van der Waals surface area contributed by atoms with Crippen molar-refractivity contribution in [1.29, 1.82) is 0 Å². The SMILES string of the molecule is CCCCCCCCCCOc1ccc(-c2ncc(OCCCCCC[Si](C)(C)CC)cn2)cc1. The molecule has 0 spiro atoms. The number of unbranched alkanes of at least 4 members (excludes halogenated alkanes) is 10. The van der Waals surface area contributed by atoms with Gasteiger partial charge in [-0.05, 0) is 37.1 Å². The Bertz CT molecular complexity index is 778. The molecule has 0 N–H and O–H groups in total. The van der Waals surface area contributed by atoms with Gasteiger partial charge in [-0.1, -0.05) is 103 Å². The third kappa shape index (κ3) is 13.1. The quantitative estimate of drug-likeness (QED) is 0.135. The van der Waals surface area contributed by atoms with Gasteiger partial charge >= 0.3 is 0 Å². The molecule has 1 aromatic heterocycles. The molecule has 196 valence electrons. The van der Waals surface area contributed by atoms with Crippen LogP contribution in [0.15, 0.2) is 36.7 Å². The van der Waals surface area contributed by atoms with Crippen molar-refractivity contribution in [3.8, 4) is 22.9 Å². The molecular formula is C30H50N2O2Si. The first kappa shape index (κ1) is 29.3. The zero-order chi connectivity index (χ0) is 25.2. The van der Waals surface area contributed by atoms with E-state index in [0.29, 0.717) is 0 Å². The van der Waals surface area contributed by atoms with Crippen molar-refractivity contribution in [2.45, 2.75) is 116 Å². The second-order valence-corrected chi connectivity index (χ2v) is 16.2. The third-order valence-electron chi connectivity index (χ3n) is 6.98. The van der Waals surface area contributed by atoms with Crippen LogP contribution >= 0.6 is 0 Å². The first-order valence-corrected chi connectivity index (χ1v) is 17.6. The second kappa shape index (κ2) is 17.5. The molecule has 0 amide bonds. The van der Waals surface area contributed by atoms with Gasteiger partial charge in [0.25, 0.3) is 0 Å². The van der Waals surface area contributed by atoms with Crippen LogP contribution in [0, 0.1) is 0 Å². The van der Waals surface area contributed by atoms with E-state index in [-0.39, 0.29) is 0 Å². The highest BCUT2D eigenvalue weighted by Gasteiger charge is 2.16. The van der Waals surface area contributed by atoms with Gasteiger partial charge in [0.2, 0.25) is 0 Å². The fourth-order valence-corrected chi connectivity index (χ4v) is 5.65. The van der Waals surface area contributed by atoms with Crippen LogP contribution in [0.4, 0.5) is 0 Å². The Balaban J connectivity index is 1.59. The fraction of sp³-hybridized carbons (Fsp3) is 0.667. The molecule has 0 saturated heterocycles. The van der Waals surface area contributed by atoms with E-state index >= 15 is 0 Å². The Morgan fingerprint density at radius 1 is 0.629 bits per heavy atom. The molecule has 0 radical (unpaired) electrons. The van der Waals surface area contributed by atoms with E-state index in [0.717, 1.165) is 48.9 Å². The highest BCUT2D eigenvalue weighted by Crippen LogP contribution is 2.21. The van der Waals surface area contributed by atoms with E-state index in [4.69, 9.17) is 9.47 Å². The van der Waals surface area contributed by atoms with Crippen LogP contribution in [0.3, 0.4) is 0 Å². The average Bonchev–Trinajstić information content (AvgIpc) is 2.88. The van der Waals surface area contributed by atoms with Crippen molar-refractivity contribution in [3.63, 3.8) is 0 Å². The molecule has 1 aromatic carbocycles. The van der Waals surface area contributed by atoms with Gasteiger partial charge < -0.3 is 9.47 Å². The van der Waals surface area contributed by atoms with Crippen LogP contribution in [-0.2, 0) is 0 Å². The van der Waals surface area contributed by atoms with Gasteiger partial charge in [-0.2, -0.15) is 0 Å². The zero-order valence-electron chi connectivity index (χ0n) is 23.0. The van der Waals surface area contributed by atoms with Crippen LogP contribution in [0.2, 0.25) is 25.2 Å². The summed E-state index contributed by atoms with van der Waals surface area (Å²) >= 11 is 0. The number of rotatable bonds is 20. The monoisotopic (exact) mass is 498 g/mol. The van der Waals surface area contributed by atoms with Crippen LogP contribution < -0.4 is 9.47 Å². The van der Waals surface area contributed by atoms with E-state index in [1.165, 1.54) is 76.3 Å². The summed E-state index contributed by atoms with van der Waals surface area (Å²) in [6.45, 7) is 11.1. The van der Waals surface area contributed by atoms with E-state index < -0.39 is 8.07 Å². The van der Waals surface area contributed by atoms with Crippen molar-refractivity contribution < 1.29 is 9.47 Å². The number of ether oxygens (including phenoxy) is 2. The fourth-order valence-electron chi connectivity index (χ4n) is 4.09. The predicted octanol–water partition coefficient (Wildman–Crippen LogP) is 9.33. The standard InChI is InChI=1S/C30H50N2O2Si/c1-5-7-8-9-10-11-12-15-22-33-28-20-18-27(19-21-28)30-31-25-29(26-32-30)34-23-16-13-14-17-24-35(3,4)6-2/h18-21,25-26H,5-17,22-24H2,1-4H3. The molecule has 0 aliphatic rings. The first-order valence-electron chi connectivity index (χ1n) is 14.2. The zero-order valence-corrected chi connectivity index (χ0v) is 24.0. The molecule has 4 nitrogen and oxygen atoms in total. The molecule has 1 heterocycles. The van der Waals surface area contributed by atoms with Crippen LogP contribution in [0.1, 0.15) is 90.9 Å². The summed E-state index contributed by atoms with van der Waals surface area (Å²) in [5.74, 6) is 2.38. The molecule has 0 aliphatic heterocycles.